The van der Waals surface area contributed by atoms with Crippen molar-refractivity contribution in [2.45, 2.75) is 37.8 Å². The van der Waals surface area contributed by atoms with Crippen molar-refractivity contribution in [2.24, 2.45) is 0 Å². The number of hydrogen-bond donors (Lipinski definition) is 1. The van der Waals surface area contributed by atoms with Crippen LogP contribution in [-0.4, -0.2) is 32.5 Å². The van der Waals surface area contributed by atoms with E-state index in [0.29, 0.717) is 6.04 Å². The molecule has 1 fully saturated rings. The van der Waals surface area contributed by atoms with E-state index in [1.165, 1.54) is 36.8 Å². The molecule has 3 nitrogen and oxygen atoms in total. The zero-order chi connectivity index (χ0) is 12.9. The van der Waals surface area contributed by atoms with Gasteiger partial charge in [-0.25, -0.2) is 0 Å². The van der Waals surface area contributed by atoms with Crippen molar-refractivity contribution in [1.82, 2.24) is 5.32 Å². The molecule has 0 bridgehead atoms. The fourth-order valence-electron chi connectivity index (χ4n) is 3.06. The van der Waals surface area contributed by atoms with Gasteiger partial charge in [-0.3, -0.25) is 0 Å². The molecule has 1 heterocycles. The highest BCUT2D eigenvalue weighted by Gasteiger charge is 2.20. The lowest BCUT2D eigenvalue weighted by Crippen LogP contribution is -2.38. The van der Waals surface area contributed by atoms with Crippen LogP contribution in [0.1, 0.15) is 36.4 Å². The van der Waals surface area contributed by atoms with Crippen molar-refractivity contribution >= 4 is 0 Å². The molecule has 3 heteroatoms. The summed E-state index contributed by atoms with van der Waals surface area (Å²) < 4.78 is 11.2. The summed E-state index contributed by atoms with van der Waals surface area (Å²) in [5, 5.41) is 3.68. The standard InChI is InChI=1S/C16H23NO2/c1-3-7-15-13(5-1)6-2-4-8-16(15)17-11-14-12-18-9-10-19-14/h1,3,5,7,14,16-17H,2,4,6,8-12H2. The summed E-state index contributed by atoms with van der Waals surface area (Å²) in [5.74, 6) is 0. The lowest BCUT2D eigenvalue weighted by molar-refractivity contribution is -0.0871. The van der Waals surface area contributed by atoms with Gasteiger partial charge in [-0.15, -0.1) is 0 Å². The van der Waals surface area contributed by atoms with Crippen molar-refractivity contribution in [3.8, 4) is 0 Å². The maximum absolute atomic E-state index is 5.70. The van der Waals surface area contributed by atoms with Crippen LogP contribution in [0.25, 0.3) is 0 Å². The quantitative estimate of drug-likeness (QED) is 0.848. The van der Waals surface area contributed by atoms with E-state index in [4.69, 9.17) is 9.47 Å². The van der Waals surface area contributed by atoms with E-state index in [9.17, 15) is 0 Å². The van der Waals surface area contributed by atoms with Crippen molar-refractivity contribution in [3.05, 3.63) is 35.4 Å². The van der Waals surface area contributed by atoms with Gasteiger partial charge in [0.05, 0.1) is 25.9 Å². The first-order chi connectivity index (χ1) is 9.43. The normalized spacial score (nSPS) is 27.6. The lowest BCUT2D eigenvalue weighted by atomic mass is 9.99. The molecule has 0 saturated carbocycles. The molecule has 2 atom stereocenters. The summed E-state index contributed by atoms with van der Waals surface area (Å²) in [5.41, 5.74) is 3.00. The average Bonchev–Trinajstić information content (AvgIpc) is 2.68. The summed E-state index contributed by atoms with van der Waals surface area (Å²) in [6.07, 6.45) is 5.26. The van der Waals surface area contributed by atoms with Gasteiger partial charge < -0.3 is 14.8 Å². The fraction of sp³-hybridized carbons (Fsp3) is 0.625. The van der Waals surface area contributed by atoms with Crippen molar-refractivity contribution in [1.29, 1.82) is 0 Å². The van der Waals surface area contributed by atoms with E-state index in [1.54, 1.807) is 0 Å². The van der Waals surface area contributed by atoms with Gasteiger partial charge in [0, 0.05) is 12.6 Å². The molecule has 104 valence electrons. The van der Waals surface area contributed by atoms with Gasteiger partial charge in [0.1, 0.15) is 0 Å². The number of hydrogen-bond acceptors (Lipinski definition) is 3. The van der Waals surface area contributed by atoms with Crippen LogP contribution >= 0.6 is 0 Å². The molecule has 1 aliphatic carbocycles. The van der Waals surface area contributed by atoms with E-state index < -0.39 is 0 Å². The van der Waals surface area contributed by atoms with E-state index in [2.05, 4.69) is 29.6 Å². The smallest absolute Gasteiger partial charge is 0.0933 e. The van der Waals surface area contributed by atoms with E-state index in [0.717, 1.165) is 26.4 Å². The molecule has 2 aliphatic rings. The number of rotatable bonds is 3. The van der Waals surface area contributed by atoms with Gasteiger partial charge in [-0.2, -0.15) is 0 Å². The van der Waals surface area contributed by atoms with Crippen LogP contribution in [0.3, 0.4) is 0 Å². The molecule has 3 rings (SSSR count). The Labute approximate surface area is 115 Å². The SMILES string of the molecule is c1ccc2c(c1)CCCCC2NCC1COCCO1. The Morgan fingerprint density at radius 1 is 1.16 bits per heavy atom. The highest BCUT2D eigenvalue weighted by Crippen LogP contribution is 2.28. The molecular weight excluding hydrogens is 238 g/mol. The summed E-state index contributed by atoms with van der Waals surface area (Å²) >= 11 is 0. The van der Waals surface area contributed by atoms with Crippen LogP contribution in [0, 0.1) is 0 Å². The minimum absolute atomic E-state index is 0.212. The monoisotopic (exact) mass is 261 g/mol. The zero-order valence-electron chi connectivity index (χ0n) is 11.4. The van der Waals surface area contributed by atoms with Crippen LogP contribution in [0.2, 0.25) is 0 Å². The Hall–Kier alpha value is -0.900. The summed E-state index contributed by atoms with van der Waals surface area (Å²) in [4.78, 5) is 0. The van der Waals surface area contributed by atoms with Crippen LogP contribution in [0.5, 0.6) is 0 Å². The largest absolute Gasteiger partial charge is 0.376 e. The summed E-state index contributed by atoms with van der Waals surface area (Å²) in [6, 6.07) is 9.33. The van der Waals surface area contributed by atoms with Crippen LogP contribution < -0.4 is 5.32 Å². The number of nitrogens with one attached hydrogen (secondary N) is 1. The lowest BCUT2D eigenvalue weighted by Gasteiger charge is -2.26. The molecule has 0 amide bonds. The first-order valence-electron chi connectivity index (χ1n) is 7.44. The van der Waals surface area contributed by atoms with E-state index in [-0.39, 0.29) is 6.10 Å². The number of fused-ring (bicyclic) bond motifs is 1. The molecule has 2 unspecified atom stereocenters. The molecule has 1 aliphatic heterocycles. The Morgan fingerprint density at radius 2 is 2.11 bits per heavy atom. The molecule has 1 N–H and O–H groups in total. The Kier molecular flexibility index (Phi) is 4.49. The maximum Gasteiger partial charge on any atom is 0.0933 e. The molecule has 1 aromatic rings. The predicted octanol–water partition coefficient (Wildman–Crippen LogP) is 2.46. The van der Waals surface area contributed by atoms with Gasteiger partial charge in [0.2, 0.25) is 0 Å². The summed E-state index contributed by atoms with van der Waals surface area (Å²) in [7, 11) is 0. The third kappa shape index (κ3) is 3.35. The molecule has 1 aromatic carbocycles. The predicted molar refractivity (Wildman–Crippen MR) is 75.3 cm³/mol. The van der Waals surface area contributed by atoms with Crippen molar-refractivity contribution < 1.29 is 9.47 Å². The molecule has 19 heavy (non-hydrogen) atoms. The second-order valence-corrected chi connectivity index (χ2v) is 5.47. The topological polar surface area (TPSA) is 30.5 Å². The number of ether oxygens (including phenoxy) is 2. The molecule has 0 radical (unpaired) electrons. The molecule has 0 spiro atoms. The average molecular weight is 261 g/mol. The van der Waals surface area contributed by atoms with Crippen LogP contribution in [0.15, 0.2) is 24.3 Å². The Morgan fingerprint density at radius 3 is 3.00 bits per heavy atom. The van der Waals surface area contributed by atoms with E-state index in [1.807, 2.05) is 0 Å². The second-order valence-electron chi connectivity index (χ2n) is 5.47. The van der Waals surface area contributed by atoms with Gasteiger partial charge in [0.25, 0.3) is 0 Å². The highest BCUT2D eigenvalue weighted by molar-refractivity contribution is 5.31. The first kappa shape index (κ1) is 13.1. The summed E-state index contributed by atoms with van der Waals surface area (Å²) in [6.45, 7) is 3.08. The van der Waals surface area contributed by atoms with Crippen LogP contribution in [0.4, 0.5) is 0 Å². The first-order valence-corrected chi connectivity index (χ1v) is 7.44. The van der Waals surface area contributed by atoms with Gasteiger partial charge in [-0.05, 0) is 30.4 Å². The van der Waals surface area contributed by atoms with Gasteiger partial charge in [0.15, 0.2) is 0 Å². The van der Waals surface area contributed by atoms with Crippen molar-refractivity contribution in [3.63, 3.8) is 0 Å². The molecule has 0 aromatic heterocycles. The van der Waals surface area contributed by atoms with Gasteiger partial charge >= 0.3 is 0 Å². The second kappa shape index (κ2) is 6.51. The van der Waals surface area contributed by atoms with Gasteiger partial charge in [-0.1, -0.05) is 30.7 Å². The van der Waals surface area contributed by atoms with Crippen molar-refractivity contribution in [2.75, 3.05) is 26.4 Å². The maximum atomic E-state index is 5.70. The van der Waals surface area contributed by atoms with Crippen LogP contribution in [-0.2, 0) is 15.9 Å². The third-order valence-corrected chi connectivity index (χ3v) is 4.10. The number of aryl methyl sites for hydroxylation is 1. The van der Waals surface area contributed by atoms with E-state index >= 15 is 0 Å². The Balaban J connectivity index is 1.63. The third-order valence-electron chi connectivity index (χ3n) is 4.10. The highest BCUT2D eigenvalue weighted by atomic mass is 16.6. The minimum atomic E-state index is 0.212. The minimum Gasteiger partial charge on any atom is -0.376 e. The zero-order valence-corrected chi connectivity index (χ0v) is 11.4. The fourth-order valence-corrected chi connectivity index (χ4v) is 3.06. The molecular formula is C16H23NO2. The number of benzene rings is 1. The molecule has 1 saturated heterocycles. The Bertz CT molecular complexity index is 401.